The Hall–Kier alpha value is -0.0400. The van der Waals surface area contributed by atoms with E-state index in [1.807, 2.05) is 0 Å². The predicted octanol–water partition coefficient (Wildman–Crippen LogP) is 1.89. The molecule has 1 fully saturated rings. The number of nitrogens with one attached hydrogen (secondary N) is 1. The van der Waals surface area contributed by atoms with Gasteiger partial charge in [-0.2, -0.15) is 0 Å². The summed E-state index contributed by atoms with van der Waals surface area (Å²) < 4.78 is 0. The van der Waals surface area contributed by atoms with Gasteiger partial charge in [0.2, 0.25) is 0 Å². The Kier molecular flexibility index (Phi) is 1.80. The minimum Gasteiger partial charge on any atom is -0.314 e. The molecular formula is C9H19N. The van der Waals surface area contributed by atoms with E-state index in [-0.39, 0.29) is 0 Å². The second kappa shape index (κ2) is 2.23. The topological polar surface area (TPSA) is 12.0 Å². The Morgan fingerprint density at radius 1 is 1.10 bits per heavy atom. The Morgan fingerprint density at radius 2 is 1.50 bits per heavy atom. The van der Waals surface area contributed by atoms with Crippen molar-refractivity contribution in [3.8, 4) is 0 Å². The highest BCUT2D eigenvalue weighted by Crippen LogP contribution is 2.47. The molecule has 1 aliphatic rings. The van der Waals surface area contributed by atoms with Gasteiger partial charge in [0.25, 0.3) is 0 Å². The van der Waals surface area contributed by atoms with Gasteiger partial charge in [0.05, 0.1) is 0 Å². The molecule has 1 aliphatic carbocycles. The third-order valence-corrected chi connectivity index (χ3v) is 4.01. The van der Waals surface area contributed by atoms with Gasteiger partial charge < -0.3 is 5.32 Å². The molecule has 0 radical (unpaired) electrons. The lowest BCUT2D eigenvalue weighted by Gasteiger charge is -2.57. The average molecular weight is 141 g/mol. The van der Waals surface area contributed by atoms with E-state index in [2.05, 4.69) is 40.1 Å². The Balaban J connectivity index is 2.64. The average Bonchev–Trinajstić information content (AvgIpc) is 2.00. The zero-order chi connectivity index (χ0) is 7.94. The van der Waals surface area contributed by atoms with Crippen molar-refractivity contribution in [2.75, 3.05) is 7.05 Å². The molecule has 0 amide bonds. The van der Waals surface area contributed by atoms with Crippen LogP contribution in [0.2, 0.25) is 0 Å². The normalized spacial score (nSPS) is 54.3. The molecule has 1 nitrogen and oxygen atoms in total. The smallest absolute Gasteiger partial charge is 0.0206 e. The van der Waals surface area contributed by atoms with E-state index in [4.69, 9.17) is 0 Å². The molecule has 0 aromatic heterocycles. The molecule has 0 bridgehead atoms. The summed E-state index contributed by atoms with van der Waals surface area (Å²) in [6.45, 7) is 9.33. The van der Waals surface area contributed by atoms with Gasteiger partial charge in [-0.25, -0.2) is 0 Å². The molecular weight excluding hydrogens is 122 g/mol. The van der Waals surface area contributed by atoms with Gasteiger partial charge in [0.15, 0.2) is 0 Å². The second-order valence-corrected chi connectivity index (χ2v) is 3.97. The zero-order valence-electron chi connectivity index (χ0n) is 7.73. The first-order chi connectivity index (χ1) is 4.54. The van der Waals surface area contributed by atoms with Crippen LogP contribution in [-0.4, -0.2) is 12.6 Å². The van der Waals surface area contributed by atoms with Gasteiger partial charge in [0, 0.05) is 5.54 Å². The first kappa shape index (κ1) is 8.06. The van der Waals surface area contributed by atoms with Crippen LogP contribution in [-0.2, 0) is 0 Å². The summed E-state index contributed by atoms with van der Waals surface area (Å²) in [5.41, 5.74) is 0.402. The standard InChI is InChI=1S/C9H19N/c1-6-7(2)9(4,10-5)8(6)3/h6-8,10H,1-5H3. The van der Waals surface area contributed by atoms with Gasteiger partial charge in [-0.1, -0.05) is 20.8 Å². The SMILES string of the molecule is CNC1(C)C(C)C(C)C1C. The molecule has 2 atom stereocenters. The third-order valence-electron chi connectivity index (χ3n) is 4.01. The molecule has 1 N–H and O–H groups in total. The van der Waals surface area contributed by atoms with E-state index in [0.29, 0.717) is 5.54 Å². The monoisotopic (exact) mass is 141 g/mol. The van der Waals surface area contributed by atoms with Gasteiger partial charge in [0.1, 0.15) is 0 Å². The van der Waals surface area contributed by atoms with Crippen molar-refractivity contribution in [2.45, 2.75) is 33.2 Å². The fourth-order valence-electron chi connectivity index (χ4n) is 2.28. The highest BCUT2D eigenvalue weighted by Gasteiger charge is 2.50. The predicted molar refractivity (Wildman–Crippen MR) is 45.0 cm³/mol. The van der Waals surface area contributed by atoms with Crippen LogP contribution in [0.5, 0.6) is 0 Å². The summed E-state index contributed by atoms with van der Waals surface area (Å²) in [4.78, 5) is 0. The van der Waals surface area contributed by atoms with Crippen LogP contribution in [0.4, 0.5) is 0 Å². The van der Waals surface area contributed by atoms with E-state index in [1.165, 1.54) is 0 Å². The summed E-state index contributed by atoms with van der Waals surface area (Å²) in [7, 11) is 2.07. The molecule has 60 valence electrons. The summed E-state index contributed by atoms with van der Waals surface area (Å²) in [5, 5.41) is 3.41. The van der Waals surface area contributed by atoms with Crippen LogP contribution < -0.4 is 5.32 Å². The van der Waals surface area contributed by atoms with E-state index in [1.54, 1.807) is 0 Å². The lowest BCUT2D eigenvalue weighted by molar-refractivity contribution is -0.0267. The molecule has 2 unspecified atom stereocenters. The highest BCUT2D eigenvalue weighted by molar-refractivity contribution is 5.05. The molecule has 0 aliphatic heterocycles. The van der Waals surface area contributed by atoms with E-state index < -0.39 is 0 Å². The van der Waals surface area contributed by atoms with Gasteiger partial charge >= 0.3 is 0 Å². The van der Waals surface area contributed by atoms with Gasteiger partial charge in [-0.15, -0.1) is 0 Å². The molecule has 0 spiro atoms. The number of hydrogen-bond donors (Lipinski definition) is 1. The fourth-order valence-corrected chi connectivity index (χ4v) is 2.28. The first-order valence-electron chi connectivity index (χ1n) is 4.23. The van der Waals surface area contributed by atoms with E-state index >= 15 is 0 Å². The van der Waals surface area contributed by atoms with Crippen molar-refractivity contribution in [1.29, 1.82) is 0 Å². The van der Waals surface area contributed by atoms with Crippen LogP contribution >= 0.6 is 0 Å². The maximum absolute atomic E-state index is 3.41. The summed E-state index contributed by atoms with van der Waals surface area (Å²) in [6, 6.07) is 0. The van der Waals surface area contributed by atoms with Crippen molar-refractivity contribution in [3.05, 3.63) is 0 Å². The molecule has 1 heteroatoms. The summed E-state index contributed by atoms with van der Waals surface area (Å²) in [6.07, 6.45) is 0. The van der Waals surface area contributed by atoms with Crippen molar-refractivity contribution in [1.82, 2.24) is 5.32 Å². The van der Waals surface area contributed by atoms with Crippen LogP contribution in [0.1, 0.15) is 27.7 Å². The van der Waals surface area contributed by atoms with Crippen molar-refractivity contribution < 1.29 is 0 Å². The number of rotatable bonds is 1. The maximum Gasteiger partial charge on any atom is 0.0206 e. The van der Waals surface area contributed by atoms with Crippen molar-refractivity contribution >= 4 is 0 Å². The Labute approximate surface area is 64.2 Å². The Morgan fingerprint density at radius 3 is 1.70 bits per heavy atom. The largest absolute Gasteiger partial charge is 0.314 e. The molecule has 10 heavy (non-hydrogen) atoms. The van der Waals surface area contributed by atoms with Gasteiger partial charge in [-0.05, 0) is 31.7 Å². The molecule has 1 saturated carbocycles. The van der Waals surface area contributed by atoms with Crippen molar-refractivity contribution in [3.63, 3.8) is 0 Å². The molecule has 0 aromatic carbocycles. The summed E-state index contributed by atoms with van der Waals surface area (Å²) in [5.74, 6) is 2.54. The van der Waals surface area contributed by atoms with E-state index in [0.717, 1.165) is 17.8 Å². The summed E-state index contributed by atoms with van der Waals surface area (Å²) >= 11 is 0. The Bertz CT molecular complexity index is 121. The minimum atomic E-state index is 0.402. The maximum atomic E-state index is 3.41. The lowest BCUT2D eigenvalue weighted by atomic mass is 9.54. The quantitative estimate of drug-likeness (QED) is 0.588. The molecule has 1 rings (SSSR count). The zero-order valence-corrected chi connectivity index (χ0v) is 7.73. The first-order valence-corrected chi connectivity index (χ1v) is 4.23. The van der Waals surface area contributed by atoms with Crippen LogP contribution in [0.15, 0.2) is 0 Å². The second-order valence-electron chi connectivity index (χ2n) is 3.97. The number of hydrogen-bond acceptors (Lipinski definition) is 1. The molecule has 0 heterocycles. The third kappa shape index (κ3) is 0.731. The lowest BCUT2D eigenvalue weighted by Crippen LogP contribution is -2.64. The van der Waals surface area contributed by atoms with Crippen molar-refractivity contribution in [2.24, 2.45) is 17.8 Å². The van der Waals surface area contributed by atoms with Gasteiger partial charge in [-0.3, -0.25) is 0 Å². The van der Waals surface area contributed by atoms with Crippen LogP contribution in [0, 0.1) is 17.8 Å². The van der Waals surface area contributed by atoms with E-state index in [9.17, 15) is 0 Å². The molecule has 0 aromatic rings. The highest BCUT2D eigenvalue weighted by atomic mass is 15.0. The molecule has 0 saturated heterocycles. The fraction of sp³-hybridized carbons (Fsp3) is 1.00. The minimum absolute atomic E-state index is 0.402. The van der Waals surface area contributed by atoms with Crippen LogP contribution in [0.25, 0.3) is 0 Å². The van der Waals surface area contributed by atoms with Crippen LogP contribution in [0.3, 0.4) is 0 Å².